The smallest absolute Gasteiger partial charge is 0.317 e. The molecule has 1 aliphatic rings. The maximum absolute atomic E-state index is 12.2. The van der Waals surface area contributed by atoms with E-state index in [1.807, 2.05) is 37.4 Å². The third kappa shape index (κ3) is 4.71. The number of carbonyl (C=O) groups excluding carboxylic acids is 1. The number of benzene rings is 1. The molecule has 2 amide bonds. The number of morpholine rings is 1. The van der Waals surface area contributed by atoms with Gasteiger partial charge in [-0.3, -0.25) is 4.90 Å². The van der Waals surface area contributed by atoms with E-state index in [9.17, 15) is 4.79 Å². The van der Waals surface area contributed by atoms with Gasteiger partial charge in [0.25, 0.3) is 0 Å². The number of hydrogen-bond donors (Lipinski definition) is 1. The lowest BCUT2D eigenvalue weighted by atomic mass is 10.2. The van der Waals surface area contributed by atoms with Gasteiger partial charge >= 0.3 is 6.03 Å². The molecule has 1 aliphatic heterocycles. The summed E-state index contributed by atoms with van der Waals surface area (Å²) < 4.78 is 5.46. The van der Waals surface area contributed by atoms with Crippen molar-refractivity contribution in [3.63, 3.8) is 0 Å². The van der Waals surface area contributed by atoms with Crippen molar-refractivity contribution >= 4 is 6.03 Å². The molecule has 2 rings (SSSR count). The summed E-state index contributed by atoms with van der Waals surface area (Å²) in [6.45, 7) is 8.07. The van der Waals surface area contributed by atoms with Crippen molar-refractivity contribution in [3.05, 3.63) is 35.9 Å². The summed E-state index contributed by atoms with van der Waals surface area (Å²) in [5, 5.41) is 3.02. The molecule has 0 radical (unpaired) electrons. The van der Waals surface area contributed by atoms with Gasteiger partial charge in [-0.15, -0.1) is 0 Å². The highest BCUT2D eigenvalue weighted by Gasteiger charge is 2.24. The predicted octanol–water partition coefficient (Wildman–Crippen LogP) is 1.94. The van der Waals surface area contributed by atoms with Crippen LogP contribution in [0.5, 0.6) is 0 Å². The lowest BCUT2D eigenvalue weighted by molar-refractivity contribution is -0.0177. The van der Waals surface area contributed by atoms with Gasteiger partial charge in [0.1, 0.15) is 0 Å². The first-order valence-electron chi connectivity index (χ1n) is 7.94. The van der Waals surface area contributed by atoms with E-state index < -0.39 is 0 Å². The van der Waals surface area contributed by atoms with Gasteiger partial charge in [-0.25, -0.2) is 4.79 Å². The van der Waals surface area contributed by atoms with Crippen LogP contribution in [0.25, 0.3) is 0 Å². The van der Waals surface area contributed by atoms with Gasteiger partial charge in [-0.1, -0.05) is 30.3 Å². The number of nitrogens with one attached hydrogen (secondary N) is 1. The summed E-state index contributed by atoms with van der Waals surface area (Å²) in [4.78, 5) is 16.3. The predicted molar refractivity (Wildman–Crippen MR) is 87.8 cm³/mol. The van der Waals surface area contributed by atoms with Gasteiger partial charge in [0.15, 0.2) is 0 Å². The van der Waals surface area contributed by atoms with E-state index in [0.717, 1.165) is 25.3 Å². The van der Waals surface area contributed by atoms with E-state index in [-0.39, 0.29) is 6.03 Å². The lowest BCUT2D eigenvalue weighted by Gasteiger charge is -2.38. The van der Waals surface area contributed by atoms with E-state index in [0.29, 0.717) is 25.2 Å². The Labute approximate surface area is 133 Å². The van der Waals surface area contributed by atoms with Crippen LogP contribution in [0.15, 0.2) is 30.3 Å². The van der Waals surface area contributed by atoms with Crippen molar-refractivity contribution in [1.29, 1.82) is 0 Å². The third-order valence-corrected chi connectivity index (χ3v) is 4.14. The topological polar surface area (TPSA) is 44.8 Å². The molecule has 0 saturated carbocycles. The van der Waals surface area contributed by atoms with Crippen LogP contribution in [0.2, 0.25) is 0 Å². The minimum absolute atomic E-state index is 0.0309. The van der Waals surface area contributed by atoms with Crippen LogP contribution in [0.4, 0.5) is 4.79 Å². The average Bonchev–Trinajstić information content (AvgIpc) is 2.53. The first-order valence-corrected chi connectivity index (χ1v) is 7.94. The third-order valence-electron chi connectivity index (χ3n) is 4.14. The molecule has 0 aromatic heterocycles. The number of amides is 2. The van der Waals surface area contributed by atoms with Crippen LogP contribution in [-0.4, -0.2) is 61.3 Å². The molecule has 0 aliphatic carbocycles. The van der Waals surface area contributed by atoms with Crippen LogP contribution < -0.4 is 5.32 Å². The summed E-state index contributed by atoms with van der Waals surface area (Å²) >= 11 is 0. The monoisotopic (exact) mass is 305 g/mol. The number of rotatable bonds is 5. The molecule has 22 heavy (non-hydrogen) atoms. The first kappa shape index (κ1) is 16.8. The molecule has 1 heterocycles. The summed E-state index contributed by atoms with van der Waals surface area (Å²) in [6.07, 6.45) is 0. The van der Waals surface area contributed by atoms with Crippen LogP contribution in [0, 0.1) is 0 Å². The minimum atomic E-state index is -0.0309. The molecule has 5 heteroatoms. The maximum Gasteiger partial charge on any atom is 0.317 e. The fourth-order valence-corrected chi connectivity index (χ4v) is 2.81. The summed E-state index contributed by atoms with van der Waals surface area (Å²) in [5.74, 6) is 0. The Kier molecular flexibility index (Phi) is 6.21. The molecule has 0 spiro atoms. The summed E-state index contributed by atoms with van der Waals surface area (Å²) in [5.41, 5.74) is 1.13. The largest absolute Gasteiger partial charge is 0.379 e. The van der Waals surface area contributed by atoms with Crippen molar-refractivity contribution in [2.75, 3.05) is 33.4 Å². The van der Waals surface area contributed by atoms with E-state index in [4.69, 9.17) is 4.74 Å². The molecular weight excluding hydrogens is 278 g/mol. The minimum Gasteiger partial charge on any atom is -0.379 e. The van der Waals surface area contributed by atoms with Gasteiger partial charge < -0.3 is 15.0 Å². The molecule has 0 unspecified atom stereocenters. The number of carbonyl (C=O) groups is 1. The number of nitrogens with zero attached hydrogens (tertiary/aromatic N) is 2. The van der Waals surface area contributed by atoms with E-state index in [1.165, 1.54) is 0 Å². The Morgan fingerprint density at radius 1 is 1.45 bits per heavy atom. The molecular formula is C17H27N3O2. The first-order chi connectivity index (χ1) is 10.6. The average molecular weight is 305 g/mol. The maximum atomic E-state index is 12.2. The normalized spacial score (nSPS) is 20.4. The molecule has 1 fully saturated rings. The Hall–Kier alpha value is -1.59. The second kappa shape index (κ2) is 8.15. The highest BCUT2D eigenvalue weighted by molar-refractivity contribution is 5.73. The fourth-order valence-electron chi connectivity index (χ4n) is 2.81. The molecule has 122 valence electrons. The van der Waals surface area contributed by atoms with Crippen LogP contribution >= 0.6 is 0 Å². The van der Waals surface area contributed by atoms with Crippen molar-refractivity contribution in [3.8, 4) is 0 Å². The van der Waals surface area contributed by atoms with Crippen LogP contribution in [0.1, 0.15) is 19.4 Å². The van der Waals surface area contributed by atoms with Crippen LogP contribution in [-0.2, 0) is 11.3 Å². The zero-order valence-electron chi connectivity index (χ0n) is 13.8. The number of ether oxygens (including phenoxy) is 1. The van der Waals surface area contributed by atoms with Crippen LogP contribution in [0.3, 0.4) is 0 Å². The Bertz CT molecular complexity index is 466. The van der Waals surface area contributed by atoms with Crippen molar-refractivity contribution in [2.45, 2.75) is 32.5 Å². The van der Waals surface area contributed by atoms with Gasteiger partial charge in [0, 0.05) is 38.8 Å². The standard InChI is InChI=1S/C17H27N3O2/c1-14(20-9-10-22-13-15(20)2)11-18-17(21)19(3)12-16-7-5-4-6-8-16/h4-8,14-15H,9-13H2,1-3H3,(H,18,21)/t14-,15-/m0/s1. The SMILES string of the molecule is C[C@@H](CNC(=O)N(C)Cc1ccccc1)N1CCOC[C@@H]1C. The van der Waals surface area contributed by atoms with E-state index in [1.54, 1.807) is 4.90 Å². The molecule has 1 N–H and O–H groups in total. The lowest BCUT2D eigenvalue weighted by Crippen LogP contribution is -2.52. The summed E-state index contributed by atoms with van der Waals surface area (Å²) in [7, 11) is 1.82. The van der Waals surface area contributed by atoms with Gasteiger partial charge in [-0.2, -0.15) is 0 Å². The molecule has 1 saturated heterocycles. The fraction of sp³-hybridized carbons (Fsp3) is 0.588. The van der Waals surface area contributed by atoms with E-state index in [2.05, 4.69) is 24.1 Å². The number of hydrogen-bond acceptors (Lipinski definition) is 3. The molecule has 2 atom stereocenters. The van der Waals surface area contributed by atoms with Gasteiger partial charge in [-0.05, 0) is 19.4 Å². The van der Waals surface area contributed by atoms with Gasteiger partial charge in [0.05, 0.1) is 13.2 Å². The summed E-state index contributed by atoms with van der Waals surface area (Å²) in [6, 6.07) is 10.7. The Morgan fingerprint density at radius 3 is 2.86 bits per heavy atom. The quantitative estimate of drug-likeness (QED) is 0.904. The molecule has 1 aromatic carbocycles. The second-order valence-corrected chi connectivity index (χ2v) is 6.04. The highest BCUT2D eigenvalue weighted by atomic mass is 16.5. The molecule has 0 bridgehead atoms. The number of urea groups is 1. The second-order valence-electron chi connectivity index (χ2n) is 6.04. The zero-order valence-corrected chi connectivity index (χ0v) is 13.8. The molecule has 1 aromatic rings. The Morgan fingerprint density at radius 2 is 2.18 bits per heavy atom. The van der Waals surface area contributed by atoms with Crippen molar-refractivity contribution in [2.24, 2.45) is 0 Å². The van der Waals surface area contributed by atoms with Gasteiger partial charge in [0.2, 0.25) is 0 Å². The zero-order chi connectivity index (χ0) is 15.9. The highest BCUT2D eigenvalue weighted by Crippen LogP contribution is 2.10. The van der Waals surface area contributed by atoms with Crippen molar-refractivity contribution in [1.82, 2.24) is 15.1 Å². The molecule has 5 nitrogen and oxygen atoms in total. The van der Waals surface area contributed by atoms with E-state index >= 15 is 0 Å². The van der Waals surface area contributed by atoms with Crippen molar-refractivity contribution < 1.29 is 9.53 Å². The Balaban J connectivity index is 1.76.